The highest BCUT2D eigenvalue weighted by atomic mass is 15.2. The van der Waals surface area contributed by atoms with Gasteiger partial charge in [0.05, 0.1) is 11.7 Å². The highest BCUT2D eigenvalue weighted by Gasteiger charge is 2.28. The molecule has 3 nitrogen and oxygen atoms in total. The summed E-state index contributed by atoms with van der Waals surface area (Å²) in [5.41, 5.74) is 7.55. The zero-order valence-corrected chi connectivity index (χ0v) is 13.0. The Hall–Kier alpha value is -0.930. The summed E-state index contributed by atoms with van der Waals surface area (Å²) < 4.78 is 0. The number of hydrogen-bond donors (Lipinski definition) is 1. The fourth-order valence-corrected chi connectivity index (χ4v) is 3.33. The predicted molar refractivity (Wildman–Crippen MR) is 84.4 cm³/mol. The minimum absolute atomic E-state index is 0.170. The molecule has 1 aliphatic rings. The number of aromatic nitrogens is 1. The molecule has 0 bridgehead atoms. The number of nitrogens with zero attached hydrogens (tertiary/aromatic N) is 2. The van der Waals surface area contributed by atoms with Gasteiger partial charge < -0.3 is 5.73 Å². The quantitative estimate of drug-likeness (QED) is 0.896. The summed E-state index contributed by atoms with van der Waals surface area (Å²) in [4.78, 5) is 7.15. The van der Waals surface area contributed by atoms with E-state index >= 15 is 0 Å². The van der Waals surface area contributed by atoms with E-state index in [4.69, 9.17) is 5.73 Å². The van der Waals surface area contributed by atoms with Crippen LogP contribution in [0.15, 0.2) is 24.4 Å². The number of likely N-dealkylation sites (tertiary alicyclic amines) is 1. The van der Waals surface area contributed by atoms with Crippen molar-refractivity contribution in [1.29, 1.82) is 0 Å². The first-order chi connectivity index (χ1) is 9.76. The van der Waals surface area contributed by atoms with Crippen molar-refractivity contribution in [2.45, 2.75) is 58.0 Å². The molecule has 2 N–H and O–H groups in total. The maximum absolute atomic E-state index is 6.42. The first kappa shape index (κ1) is 15.5. The van der Waals surface area contributed by atoms with Crippen LogP contribution in [0.3, 0.4) is 0 Å². The number of pyridine rings is 1. The lowest BCUT2D eigenvalue weighted by atomic mass is 9.98. The van der Waals surface area contributed by atoms with Crippen LogP contribution in [0.2, 0.25) is 0 Å². The van der Waals surface area contributed by atoms with E-state index in [9.17, 15) is 0 Å². The molecule has 0 radical (unpaired) electrons. The van der Waals surface area contributed by atoms with E-state index in [0.29, 0.717) is 0 Å². The fraction of sp³-hybridized carbons (Fsp3) is 0.706. The van der Waals surface area contributed by atoms with Crippen molar-refractivity contribution in [2.24, 2.45) is 11.7 Å². The molecule has 1 aromatic heterocycles. The predicted octanol–water partition coefficient (Wildman–Crippen LogP) is 3.37. The van der Waals surface area contributed by atoms with Crippen LogP contribution in [-0.4, -0.2) is 29.0 Å². The molecule has 0 spiro atoms. The van der Waals surface area contributed by atoms with Gasteiger partial charge >= 0.3 is 0 Å². The van der Waals surface area contributed by atoms with Crippen molar-refractivity contribution in [2.75, 3.05) is 13.1 Å². The minimum Gasteiger partial charge on any atom is -0.326 e. The summed E-state index contributed by atoms with van der Waals surface area (Å²) in [7, 11) is 0. The van der Waals surface area contributed by atoms with Gasteiger partial charge in [0.25, 0.3) is 0 Å². The summed E-state index contributed by atoms with van der Waals surface area (Å²) in [6, 6.07) is 6.63. The zero-order chi connectivity index (χ0) is 14.4. The maximum atomic E-state index is 6.42. The summed E-state index contributed by atoms with van der Waals surface area (Å²) in [5, 5.41) is 0. The van der Waals surface area contributed by atoms with E-state index in [2.05, 4.69) is 35.9 Å². The fourth-order valence-electron chi connectivity index (χ4n) is 3.33. The van der Waals surface area contributed by atoms with Gasteiger partial charge in [-0.1, -0.05) is 26.3 Å². The molecule has 0 saturated carbocycles. The van der Waals surface area contributed by atoms with Gasteiger partial charge in [-0.2, -0.15) is 0 Å². The number of hydrogen-bond acceptors (Lipinski definition) is 3. The molecule has 3 atom stereocenters. The molecule has 1 aliphatic heterocycles. The van der Waals surface area contributed by atoms with Crippen LogP contribution in [0.25, 0.3) is 0 Å². The Bertz CT molecular complexity index is 379. The lowest BCUT2D eigenvalue weighted by Gasteiger charge is -2.34. The van der Waals surface area contributed by atoms with Crippen LogP contribution in [0.5, 0.6) is 0 Å². The Balaban J connectivity index is 2.14. The molecular formula is C17H29N3. The van der Waals surface area contributed by atoms with Gasteiger partial charge in [-0.05, 0) is 56.8 Å². The third-order valence-corrected chi connectivity index (χ3v) is 4.72. The number of rotatable bonds is 5. The molecule has 0 amide bonds. The average molecular weight is 275 g/mol. The van der Waals surface area contributed by atoms with E-state index in [-0.39, 0.29) is 12.1 Å². The van der Waals surface area contributed by atoms with Gasteiger partial charge in [0.1, 0.15) is 0 Å². The average Bonchev–Trinajstić information content (AvgIpc) is 2.74. The minimum atomic E-state index is 0.170. The van der Waals surface area contributed by atoms with Gasteiger partial charge in [-0.25, -0.2) is 0 Å². The molecule has 0 aromatic carbocycles. The molecular weight excluding hydrogens is 246 g/mol. The van der Waals surface area contributed by atoms with E-state index in [1.807, 2.05) is 12.3 Å². The Morgan fingerprint density at radius 2 is 2.15 bits per heavy atom. The van der Waals surface area contributed by atoms with E-state index < -0.39 is 0 Å². The van der Waals surface area contributed by atoms with E-state index in [1.54, 1.807) is 0 Å². The topological polar surface area (TPSA) is 42.2 Å². The van der Waals surface area contributed by atoms with Crippen molar-refractivity contribution >= 4 is 0 Å². The van der Waals surface area contributed by atoms with E-state index in [1.165, 1.54) is 25.7 Å². The van der Waals surface area contributed by atoms with Gasteiger partial charge in [-0.3, -0.25) is 9.88 Å². The molecule has 3 heteroatoms. The summed E-state index contributed by atoms with van der Waals surface area (Å²) in [5.74, 6) is 0.891. The Kier molecular flexibility index (Phi) is 5.99. The second kappa shape index (κ2) is 7.75. The largest absolute Gasteiger partial charge is 0.326 e. The summed E-state index contributed by atoms with van der Waals surface area (Å²) >= 11 is 0. The molecule has 20 heavy (non-hydrogen) atoms. The lowest BCUT2D eigenvalue weighted by molar-refractivity contribution is 0.169. The Labute approximate surface area is 123 Å². The molecule has 2 rings (SSSR count). The SMILES string of the molecule is CCC1CCCN(C(c2ccccn2)C(N)CC)CC1. The van der Waals surface area contributed by atoms with Crippen molar-refractivity contribution in [3.05, 3.63) is 30.1 Å². The molecule has 3 unspecified atom stereocenters. The highest BCUT2D eigenvalue weighted by Crippen LogP contribution is 2.29. The first-order valence-electron chi connectivity index (χ1n) is 8.16. The van der Waals surface area contributed by atoms with Crippen molar-refractivity contribution < 1.29 is 0 Å². The lowest BCUT2D eigenvalue weighted by Crippen LogP contribution is -2.41. The van der Waals surface area contributed by atoms with Gasteiger partial charge in [0.15, 0.2) is 0 Å². The van der Waals surface area contributed by atoms with Crippen LogP contribution >= 0.6 is 0 Å². The van der Waals surface area contributed by atoms with Crippen LogP contribution in [-0.2, 0) is 0 Å². The van der Waals surface area contributed by atoms with Gasteiger partial charge in [0.2, 0.25) is 0 Å². The van der Waals surface area contributed by atoms with Crippen molar-refractivity contribution in [3.63, 3.8) is 0 Å². The standard InChI is InChI=1S/C17H29N3/c1-3-14-8-7-12-20(13-10-14)17(15(18)4-2)16-9-5-6-11-19-16/h5-6,9,11,14-15,17H,3-4,7-8,10,12-13,18H2,1-2H3. The molecule has 1 aromatic rings. The third kappa shape index (κ3) is 3.80. The summed E-state index contributed by atoms with van der Waals surface area (Å²) in [6.45, 7) is 6.81. The number of nitrogens with two attached hydrogens (primary N) is 1. The van der Waals surface area contributed by atoms with Crippen molar-refractivity contribution in [3.8, 4) is 0 Å². The van der Waals surface area contributed by atoms with E-state index in [0.717, 1.165) is 31.1 Å². The van der Waals surface area contributed by atoms with Gasteiger partial charge in [0, 0.05) is 12.2 Å². The smallest absolute Gasteiger partial charge is 0.0673 e. The zero-order valence-electron chi connectivity index (χ0n) is 13.0. The molecule has 0 aliphatic carbocycles. The molecule has 1 fully saturated rings. The Morgan fingerprint density at radius 3 is 2.80 bits per heavy atom. The molecule has 1 saturated heterocycles. The first-order valence-corrected chi connectivity index (χ1v) is 8.16. The monoisotopic (exact) mass is 275 g/mol. The molecule has 2 heterocycles. The van der Waals surface area contributed by atoms with Crippen LogP contribution in [0, 0.1) is 5.92 Å². The Morgan fingerprint density at radius 1 is 1.30 bits per heavy atom. The molecule has 112 valence electrons. The highest BCUT2D eigenvalue weighted by molar-refractivity contribution is 5.11. The van der Waals surface area contributed by atoms with Crippen LogP contribution < -0.4 is 5.73 Å². The van der Waals surface area contributed by atoms with Crippen molar-refractivity contribution in [1.82, 2.24) is 9.88 Å². The van der Waals surface area contributed by atoms with Crippen LogP contribution in [0.1, 0.15) is 57.7 Å². The maximum Gasteiger partial charge on any atom is 0.0673 e. The normalized spacial score (nSPS) is 24.1. The second-order valence-electron chi connectivity index (χ2n) is 6.01. The summed E-state index contributed by atoms with van der Waals surface area (Å²) in [6.07, 6.45) is 8.14. The van der Waals surface area contributed by atoms with Crippen LogP contribution in [0.4, 0.5) is 0 Å². The second-order valence-corrected chi connectivity index (χ2v) is 6.01. The third-order valence-electron chi connectivity index (χ3n) is 4.72. The van der Waals surface area contributed by atoms with Gasteiger partial charge in [-0.15, -0.1) is 0 Å².